The first kappa shape index (κ1) is 17.3. The SMILES string of the molecule is CN(C(=O)C1CC1)C1CCN(c2ncc(C(F)(F)F)cc2Cl)CC1. The van der Waals surface area contributed by atoms with Crippen molar-refractivity contribution in [3.05, 3.63) is 22.8 Å². The summed E-state index contributed by atoms with van der Waals surface area (Å²) in [5.74, 6) is 0.775. The van der Waals surface area contributed by atoms with Gasteiger partial charge in [0.2, 0.25) is 5.91 Å². The number of halogens is 4. The molecule has 0 N–H and O–H groups in total. The molecule has 2 aliphatic rings. The van der Waals surface area contributed by atoms with Gasteiger partial charge in [-0.3, -0.25) is 4.79 Å². The highest BCUT2D eigenvalue weighted by molar-refractivity contribution is 6.33. The van der Waals surface area contributed by atoms with Crippen LogP contribution in [0.15, 0.2) is 12.3 Å². The minimum absolute atomic E-state index is 0.00527. The van der Waals surface area contributed by atoms with Crippen LogP contribution < -0.4 is 4.90 Å². The van der Waals surface area contributed by atoms with E-state index >= 15 is 0 Å². The Labute approximate surface area is 143 Å². The highest BCUT2D eigenvalue weighted by Crippen LogP contribution is 2.35. The normalized spacial score (nSPS) is 19.5. The first-order valence-corrected chi connectivity index (χ1v) is 8.39. The van der Waals surface area contributed by atoms with Crippen LogP contribution in [0.3, 0.4) is 0 Å². The van der Waals surface area contributed by atoms with E-state index < -0.39 is 11.7 Å². The fourth-order valence-electron chi connectivity index (χ4n) is 3.08. The molecule has 1 saturated heterocycles. The predicted molar refractivity (Wildman–Crippen MR) is 85.0 cm³/mol. The molecular formula is C16H19ClF3N3O. The number of alkyl halides is 3. The van der Waals surface area contributed by atoms with E-state index in [-0.39, 0.29) is 22.9 Å². The standard InChI is InChI=1S/C16H19ClF3N3O/c1-22(15(24)10-2-3-10)12-4-6-23(7-5-12)14-13(17)8-11(9-21-14)16(18,19)20/h8-10,12H,2-7H2,1H3. The number of anilines is 1. The molecule has 0 aromatic carbocycles. The molecule has 1 aromatic heterocycles. The Kier molecular flexibility index (Phi) is 4.64. The summed E-state index contributed by atoms with van der Waals surface area (Å²) in [6, 6.07) is 1.08. The van der Waals surface area contributed by atoms with E-state index in [4.69, 9.17) is 11.6 Å². The quantitative estimate of drug-likeness (QED) is 0.825. The fraction of sp³-hybridized carbons (Fsp3) is 0.625. The highest BCUT2D eigenvalue weighted by Gasteiger charge is 2.36. The van der Waals surface area contributed by atoms with Crippen LogP contribution in [0, 0.1) is 5.92 Å². The molecule has 132 valence electrons. The molecule has 1 aliphatic heterocycles. The smallest absolute Gasteiger partial charge is 0.355 e. The third-order valence-electron chi connectivity index (χ3n) is 4.74. The van der Waals surface area contributed by atoms with Crippen molar-refractivity contribution in [3.8, 4) is 0 Å². The maximum Gasteiger partial charge on any atom is 0.417 e. The Morgan fingerprint density at radius 1 is 1.29 bits per heavy atom. The fourth-order valence-corrected chi connectivity index (χ4v) is 3.37. The molecule has 24 heavy (non-hydrogen) atoms. The molecule has 0 unspecified atom stereocenters. The van der Waals surface area contributed by atoms with Gasteiger partial charge in [-0.2, -0.15) is 13.2 Å². The molecule has 1 aliphatic carbocycles. The lowest BCUT2D eigenvalue weighted by atomic mass is 10.0. The average Bonchev–Trinajstić information content (AvgIpc) is 3.37. The summed E-state index contributed by atoms with van der Waals surface area (Å²) in [7, 11) is 1.84. The molecule has 0 spiro atoms. The lowest BCUT2D eigenvalue weighted by Crippen LogP contribution is -2.46. The number of nitrogens with zero attached hydrogens (tertiary/aromatic N) is 3. The number of pyridine rings is 1. The van der Waals surface area contributed by atoms with Gasteiger partial charge in [0.15, 0.2) is 0 Å². The molecule has 2 heterocycles. The van der Waals surface area contributed by atoms with E-state index in [9.17, 15) is 18.0 Å². The number of carbonyl (C=O) groups is 1. The molecule has 1 saturated carbocycles. The summed E-state index contributed by atoms with van der Waals surface area (Å²) in [6.07, 6.45) is -0.160. The van der Waals surface area contributed by atoms with Crippen molar-refractivity contribution in [2.75, 3.05) is 25.0 Å². The number of aromatic nitrogens is 1. The Morgan fingerprint density at radius 3 is 2.42 bits per heavy atom. The average molecular weight is 362 g/mol. The summed E-state index contributed by atoms with van der Waals surface area (Å²) >= 11 is 6.00. The summed E-state index contributed by atoms with van der Waals surface area (Å²) in [6.45, 7) is 1.23. The van der Waals surface area contributed by atoms with Gasteiger partial charge in [0.25, 0.3) is 0 Å². The minimum atomic E-state index is -4.45. The maximum absolute atomic E-state index is 12.7. The summed E-state index contributed by atoms with van der Waals surface area (Å²) in [5.41, 5.74) is -0.846. The second-order valence-corrected chi connectivity index (χ2v) is 6.88. The molecular weight excluding hydrogens is 343 g/mol. The zero-order valence-corrected chi connectivity index (χ0v) is 14.1. The third-order valence-corrected chi connectivity index (χ3v) is 5.01. The predicted octanol–water partition coefficient (Wildman–Crippen LogP) is 3.59. The van der Waals surface area contributed by atoms with Crippen molar-refractivity contribution in [2.24, 2.45) is 5.92 Å². The molecule has 0 atom stereocenters. The van der Waals surface area contributed by atoms with Gasteiger partial charge in [-0.15, -0.1) is 0 Å². The zero-order valence-electron chi connectivity index (χ0n) is 13.3. The van der Waals surface area contributed by atoms with Crippen molar-refractivity contribution in [1.29, 1.82) is 0 Å². The monoisotopic (exact) mass is 361 g/mol. The largest absolute Gasteiger partial charge is 0.417 e. The third kappa shape index (κ3) is 3.61. The van der Waals surface area contributed by atoms with Crippen LogP contribution in [-0.2, 0) is 11.0 Å². The first-order chi connectivity index (χ1) is 11.3. The number of carbonyl (C=O) groups excluding carboxylic acids is 1. The lowest BCUT2D eigenvalue weighted by molar-refractivity contribution is -0.137. The first-order valence-electron chi connectivity index (χ1n) is 8.01. The maximum atomic E-state index is 12.7. The van der Waals surface area contributed by atoms with Crippen LogP contribution in [0.2, 0.25) is 5.02 Å². The van der Waals surface area contributed by atoms with E-state index in [1.807, 2.05) is 16.8 Å². The van der Waals surface area contributed by atoms with Gasteiger partial charge in [-0.1, -0.05) is 11.6 Å². The van der Waals surface area contributed by atoms with Crippen LogP contribution in [0.5, 0.6) is 0 Å². The second-order valence-electron chi connectivity index (χ2n) is 6.47. The van der Waals surface area contributed by atoms with E-state index in [0.717, 1.165) is 37.9 Å². The molecule has 8 heteroatoms. The molecule has 4 nitrogen and oxygen atoms in total. The lowest BCUT2D eigenvalue weighted by Gasteiger charge is -2.37. The van der Waals surface area contributed by atoms with E-state index in [2.05, 4.69) is 4.98 Å². The number of rotatable bonds is 3. The summed E-state index contributed by atoms with van der Waals surface area (Å²) in [4.78, 5) is 19.7. The van der Waals surface area contributed by atoms with E-state index in [1.165, 1.54) is 0 Å². The van der Waals surface area contributed by atoms with Gasteiger partial charge in [-0.05, 0) is 31.7 Å². The van der Waals surface area contributed by atoms with Crippen molar-refractivity contribution < 1.29 is 18.0 Å². The van der Waals surface area contributed by atoms with Gasteiger partial charge < -0.3 is 9.80 Å². The zero-order chi connectivity index (χ0) is 17.5. The van der Waals surface area contributed by atoms with Crippen LogP contribution in [0.25, 0.3) is 0 Å². The minimum Gasteiger partial charge on any atom is -0.355 e. The van der Waals surface area contributed by atoms with Crippen molar-refractivity contribution in [1.82, 2.24) is 9.88 Å². The molecule has 1 amide bonds. The van der Waals surface area contributed by atoms with Crippen LogP contribution >= 0.6 is 11.6 Å². The Morgan fingerprint density at radius 2 is 1.92 bits per heavy atom. The summed E-state index contributed by atoms with van der Waals surface area (Å²) in [5, 5.41) is 0.00527. The van der Waals surface area contributed by atoms with Gasteiger partial charge in [0.1, 0.15) is 5.82 Å². The van der Waals surface area contributed by atoms with Crippen molar-refractivity contribution in [2.45, 2.75) is 37.9 Å². The van der Waals surface area contributed by atoms with Crippen molar-refractivity contribution >= 4 is 23.3 Å². The molecule has 0 bridgehead atoms. The summed E-state index contributed by atoms with van der Waals surface area (Å²) < 4.78 is 38.0. The number of hydrogen-bond acceptors (Lipinski definition) is 3. The van der Waals surface area contributed by atoms with Crippen LogP contribution in [0.4, 0.5) is 19.0 Å². The number of piperidine rings is 1. The number of hydrogen-bond donors (Lipinski definition) is 0. The van der Waals surface area contributed by atoms with E-state index in [1.54, 1.807) is 0 Å². The molecule has 0 radical (unpaired) electrons. The molecule has 3 rings (SSSR count). The topological polar surface area (TPSA) is 36.4 Å². The number of amides is 1. The van der Waals surface area contributed by atoms with Gasteiger partial charge in [0, 0.05) is 38.3 Å². The Bertz CT molecular complexity index is 625. The Balaban J connectivity index is 1.63. The van der Waals surface area contributed by atoms with Crippen LogP contribution in [-0.4, -0.2) is 42.0 Å². The van der Waals surface area contributed by atoms with Gasteiger partial charge in [-0.25, -0.2) is 4.98 Å². The molecule has 2 fully saturated rings. The van der Waals surface area contributed by atoms with Gasteiger partial charge >= 0.3 is 6.18 Å². The Hall–Kier alpha value is -1.50. The highest BCUT2D eigenvalue weighted by atomic mass is 35.5. The van der Waals surface area contributed by atoms with Crippen LogP contribution in [0.1, 0.15) is 31.2 Å². The van der Waals surface area contributed by atoms with E-state index in [0.29, 0.717) is 18.9 Å². The molecule has 1 aromatic rings. The van der Waals surface area contributed by atoms with Gasteiger partial charge in [0.05, 0.1) is 10.6 Å². The van der Waals surface area contributed by atoms with Crippen molar-refractivity contribution in [3.63, 3.8) is 0 Å². The second kappa shape index (κ2) is 6.43.